The number of hydrogen-bond acceptors (Lipinski definition) is 1. The fraction of sp³-hybridized carbons (Fsp3) is 0.625. The maximum atomic E-state index is 13.3. The van der Waals surface area contributed by atoms with Crippen molar-refractivity contribution >= 4 is 0 Å². The third-order valence-electron chi connectivity index (χ3n) is 3.11. The average molecular weight is 269 g/mol. The van der Waals surface area contributed by atoms with Crippen LogP contribution in [0.1, 0.15) is 58.6 Å². The van der Waals surface area contributed by atoms with Crippen molar-refractivity contribution in [2.75, 3.05) is 6.54 Å². The third kappa shape index (κ3) is 6.15. The summed E-state index contributed by atoms with van der Waals surface area (Å²) in [7, 11) is 0. The first-order chi connectivity index (χ1) is 8.81. The molecule has 0 spiro atoms. The van der Waals surface area contributed by atoms with E-state index in [0.717, 1.165) is 31.9 Å². The number of nitrogens with one attached hydrogen (secondary N) is 1. The molecule has 1 aromatic rings. The van der Waals surface area contributed by atoms with Crippen molar-refractivity contribution in [1.82, 2.24) is 5.32 Å². The summed E-state index contributed by atoms with van der Waals surface area (Å²) in [6, 6.07) is 3.80. The summed E-state index contributed by atoms with van der Waals surface area (Å²) in [5.74, 6) is -1.01. The standard InChI is InChI=1S/C16H25F2N/c1-5-8-19-15(6-7-16(2,3)4)12-9-13(17)11-14(18)10-12/h9-11,15,19H,5-8H2,1-4H3. The van der Waals surface area contributed by atoms with Gasteiger partial charge in [-0.15, -0.1) is 0 Å². The molecule has 3 heteroatoms. The highest BCUT2D eigenvalue weighted by Crippen LogP contribution is 2.28. The van der Waals surface area contributed by atoms with E-state index in [1.165, 1.54) is 12.1 Å². The van der Waals surface area contributed by atoms with Crippen LogP contribution in [0.15, 0.2) is 18.2 Å². The Bertz CT molecular complexity index is 376. The summed E-state index contributed by atoms with van der Waals surface area (Å²) >= 11 is 0. The molecule has 1 unspecified atom stereocenters. The van der Waals surface area contributed by atoms with Gasteiger partial charge in [0.2, 0.25) is 0 Å². The minimum absolute atomic E-state index is 0.0179. The summed E-state index contributed by atoms with van der Waals surface area (Å²) in [4.78, 5) is 0. The van der Waals surface area contributed by atoms with E-state index < -0.39 is 11.6 Å². The number of hydrogen-bond donors (Lipinski definition) is 1. The maximum absolute atomic E-state index is 13.3. The lowest BCUT2D eigenvalue weighted by Crippen LogP contribution is -2.24. The Labute approximate surface area is 115 Å². The van der Waals surface area contributed by atoms with Crippen molar-refractivity contribution in [2.24, 2.45) is 5.41 Å². The van der Waals surface area contributed by atoms with E-state index in [1.54, 1.807) is 0 Å². The van der Waals surface area contributed by atoms with Gasteiger partial charge >= 0.3 is 0 Å². The van der Waals surface area contributed by atoms with Gasteiger partial charge in [0.25, 0.3) is 0 Å². The van der Waals surface area contributed by atoms with Gasteiger partial charge in [-0.25, -0.2) is 8.78 Å². The van der Waals surface area contributed by atoms with Crippen molar-refractivity contribution in [3.8, 4) is 0 Å². The largest absolute Gasteiger partial charge is 0.310 e. The van der Waals surface area contributed by atoms with Crippen LogP contribution in [0.2, 0.25) is 0 Å². The Hall–Kier alpha value is -0.960. The van der Waals surface area contributed by atoms with E-state index in [9.17, 15) is 8.78 Å². The van der Waals surface area contributed by atoms with Gasteiger partial charge < -0.3 is 5.32 Å². The van der Waals surface area contributed by atoms with Crippen molar-refractivity contribution in [1.29, 1.82) is 0 Å². The lowest BCUT2D eigenvalue weighted by atomic mass is 9.87. The molecule has 0 aliphatic rings. The Balaban J connectivity index is 2.82. The first-order valence-electron chi connectivity index (χ1n) is 7.01. The van der Waals surface area contributed by atoms with Gasteiger partial charge in [0.15, 0.2) is 0 Å². The van der Waals surface area contributed by atoms with Crippen molar-refractivity contribution < 1.29 is 8.78 Å². The van der Waals surface area contributed by atoms with Crippen LogP contribution in [0.3, 0.4) is 0 Å². The second-order valence-corrected chi connectivity index (χ2v) is 6.31. The molecule has 0 aromatic heterocycles. The molecule has 1 atom stereocenters. The van der Waals surface area contributed by atoms with Gasteiger partial charge in [0.05, 0.1) is 0 Å². The van der Waals surface area contributed by atoms with E-state index in [1.807, 2.05) is 0 Å². The van der Waals surface area contributed by atoms with Crippen LogP contribution in [-0.2, 0) is 0 Å². The summed E-state index contributed by atoms with van der Waals surface area (Å²) in [6.07, 6.45) is 2.89. The molecule has 0 fully saturated rings. The fourth-order valence-corrected chi connectivity index (χ4v) is 2.06. The van der Waals surface area contributed by atoms with Crippen LogP contribution < -0.4 is 5.32 Å². The highest BCUT2D eigenvalue weighted by Gasteiger charge is 2.17. The van der Waals surface area contributed by atoms with Gasteiger partial charge in [-0.2, -0.15) is 0 Å². The van der Waals surface area contributed by atoms with Gasteiger partial charge in [-0.3, -0.25) is 0 Å². The highest BCUT2D eigenvalue weighted by molar-refractivity contribution is 5.21. The maximum Gasteiger partial charge on any atom is 0.126 e. The Morgan fingerprint density at radius 3 is 2.16 bits per heavy atom. The lowest BCUT2D eigenvalue weighted by Gasteiger charge is -2.24. The molecule has 19 heavy (non-hydrogen) atoms. The molecular formula is C16H25F2N. The van der Waals surface area contributed by atoms with Gasteiger partial charge in [-0.1, -0.05) is 27.7 Å². The van der Waals surface area contributed by atoms with Gasteiger partial charge in [-0.05, 0) is 48.9 Å². The predicted octanol–water partition coefficient (Wildman–Crippen LogP) is 4.83. The minimum Gasteiger partial charge on any atom is -0.310 e. The van der Waals surface area contributed by atoms with Crippen LogP contribution >= 0.6 is 0 Å². The smallest absolute Gasteiger partial charge is 0.126 e. The molecule has 1 N–H and O–H groups in total. The van der Waals surface area contributed by atoms with E-state index in [-0.39, 0.29) is 11.5 Å². The van der Waals surface area contributed by atoms with E-state index in [2.05, 4.69) is 33.0 Å². The summed E-state index contributed by atoms with van der Waals surface area (Å²) in [5, 5.41) is 3.38. The quantitative estimate of drug-likeness (QED) is 0.779. The highest BCUT2D eigenvalue weighted by atomic mass is 19.1. The predicted molar refractivity (Wildman–Crippen MR) is 76.1 cm³/mol. The molecule has 0 heterocycles. The van der Waals surface area contributed by atoms with Crippen LogP contribution in [0, 0.1) is 17.0 Å². The SMILES string of the molecule is CCCNC(CCC(C)(C)C)c1cc(F)cc(F)c1. The Morgan fingerprint density at radius 2 is 1.68 bits per heavy atom. The van der Waals surface area contributed by atoms with Gasteiger partial charge in [0.1, 0.15) is 11.6 Å². The van der Waals surface area contributed by atoms with E-state index in [4.69, 9.17) is 0 Å². The number of rotatable bonds is 6. The number of halogens is 2. The molecule has 0 aliphatic heterocycles. The first-order valence-corrected chi connectivity index (χ1v) is 7.01. The minimum atomic E-state index is -0.506. The van der Waals surface area contributed by atoms with Crippen LogP contribution in [0.4, 0.5) is 8.78 Å². The van der Waals surface area contributed by atoms with Gasteiger partial charge in [0, 0.05) is 12.1 Å². The molecule has 1 rings (SSSR count). The molecule has 0 bridgehead atoms. The van der Waals surface area contributed by atoms with E-state index >= 15 is 0 Å². The summed E-state index contributed by atoms with van der Waals surface area (Å²) in [5.41, 5.74) is 0.924. The van der Waals surface area contributed by atoms with Crippen LogP contribution in [-0.4, -0.2) is 6.54 Å². The monoisotopic (exact) mass is 269 g/mol. The van der Waals surface area contributed by atoms with Crippen LogP contribution in [0.5, 0.6) is 0 Å². The second-order valence-electron chi connectivity index (χ2n) is 6.31. The van der Waals surface area contributed by atoms with E-state index in [0.29, 0.717) is 5.56 Å². The zero-order valence-corrected chi connectivity index (χ0v) is 12.4. The van der Waals surface area contributed by atoms with Crippen molar-refractivity contribution in [2.45, 2.75) is 53.0 Å². The molecule has 0 saturated heterocycles. The number of benzene rings is 1. The second kappa shape index (κ2) is 6.99. The molecule has 0 saturated carbocycles. The molecule has 108 valence electrons. The Morgan fingerprint density at radius 1 is 1.11 bits per heavy atom. The topological polar surface area (TPSA) is 12.0 Å². The molecule has 0 amide bonds. The molecule has 0 aliphatic carbocycles. The molecule has 1 nitrogen and oxygen atoms in total. The summed E-state index contributed by atoms with van der Waals surface area (Å²) in [6.45, 7) is 9.47. The average Bonchev–Trinajstić information content (AvgIpc) is 2.26. The lowest BCUT2D eigenvalue weighted by molar-refractivity contribution is 0.331. The molecule has 1 aromatic carbocycles. The van der Waals surface area contributed by atoms with Crippen LogP contribution in [0.25, 0.3) is 0 Å². The molecular weight excluding hydrogens is 244 g/mol. The third-order valence-corrected chi connectivity index (χ3v) is 3.11. The fourth-order valence-electron chi connectivity index (χ4n) is 2.06. The van der Waals surface area contributed by atoms with Crippen molar-refractivity contribution in [3.05, 3.63) is 35.4 Å². The Kier molecular flexibility index (Phi) is 5.92. The zero-order chi connectivity index (χ0) is 14.5. The first kappa shape index (κ1) is 16.1. The summed E-state index contributed by atoms with van der Waals surface area (Å²) < 4.78 is 26.6. The normalized spacial score (nSPS) is 13.6. The molecule has 0 radical (unpaired) electrons. The zero-order valence-electron chi connectivity index (χ0n) is 12.4. The van der Waals surface area contributed by atoms with Crippen molar-refractivity contribution in [3.63, 3.8) is 0 Å².